The Morgan fingerprint density at radius 2 is 1.14 bits per heavy atom. The Morgan fingerprint density at radius 3 is 1.48 bits per heavy atom. The number of hydrogen-bond acceptors (Lipinski definition) is 2. The van der Waals surface area contributed by atoms with Gasteiger partial charge < -0.3 is 0 Å². The van der Waals surface area contributed by atoms with Gasteiger partial charge in [0.15, 0.2) is 11.6 Å². The summed E-state index contributed by atoms with van der Waals surface area (Å²) < 4.78 is 0. The zero-order valence-electron chi connectivity index (χ0n) is 12.8. The van der Waals surface area contributed by atoms with E-state index in [2.05, 4.69) is 13.8 Å². The van der Waals surface area contributed by atoms with Crippen molar-refractivity contribution in [2.24, 2.45) is 0 Å². The maximum Gasteiger partial charge on any atom is 0.159 e. The second-order valence-electron chi connectivity index (χ2n) is 6.26. The highest BCUT2D eigenvalue weighted by atomic mass is 16.1. The lowest BCUT2D eigenvalue weighted by Crippen LogP contribution is -2.16. The molecule has 2 heteroatoms. The van der Waals surface area contributed by atoms with Crippen molar-refractivity contribution in [3.8, 4) is 11.1 Å². The van der Waals surface area contributed by atoms with Crippen molar-refractivity contribution in [1.29, 1.82) is 0 Å². The zero-order valence-corrected chi connectivity index (χ0v) is 12.8. The Kier molecular flexibility index (Phi) is 2.87. The Hall–Kier alpha value is -2.22. The molecule has 21 heavy (non-hydrogen) atoms. The highest BCUT2D eigenvalue weighted by Gasteiger charge is 2.36. The maximum absolute atomic E-state index is 11.6. The zero-order chi connectivity index (χ0) is 15.4. The number of carbonyl (C=O) groups excluding carboxylic acids is 2. The van der Waals surface area contributed by atoms with Crippen LogP contribution in [0.25, 0.3) is 11.1 Å². The van der Waals surface area contributed by atoms with E-state index >= 15 is 0 Å². The van der Waals surface area contributed by atoms with Gasteiger partial charge in [0, 0.05) is 16.5 Å². The first-order valence-electron chi connectivity index (χ1n) is 7.13. The van der Waals surface area contributed by atoms with Crippen molar-refractivity contribution in [3.05, 3.63) is 58.7 Å². The predicted octanol–water partition coefficient (Wildman–Crippen LogP) is 4.40. The highest BCUT2D eigenvalue weighted by molar-refractivity contribution is 5.98. The van der Waals surface area contributed by atoms with Gasteiger partial charge in [0.1, 0.15) is 0 Å². The van der Waals surface area contributed by atoms with Gasteiger partial charge in [-0.15, -0.1) is 0 Å². The van der Waals surface area contributed by atoms with Gasteiger partial charge in [0.05, 0.1) is 0 Å². The molecule has 0 atom stereocenters. The molecule has 0 bridgehead atoms. The standard InChI is InChI=1S/C19H18O2/c1-11(20)13-5-7-15-16-8-6-14(12(2)21)10-18(16)19(3,4)17(15)9-13/h5-10H,1-4H3. The minimum atomic E-state index is -0.193. The van der Waals surface area contributed by atoms with Crippen LogP contribution in [-0.2, 0) is 5.41 Å². The normalized spacial score (nSPS) is 14.5. The molecule has 0 aromatic heterocycles. The fraction of sp³-hybridized carbons (Fsp3) is 0.263. The molecule has 3 rings (SSSR count). The van der Waals surface area contributed by atoms with Crippen LogP contribution in [0.3, 0.4) is 0 Å². The molecule has 0 spiro atoms. The Morgan fingerprint density at radius 1 is 0.762 bits per heavy atom. The SMILES string of the molecule is CC(=O)c1ccc2c(c1)C(C)(C)c1cc(C(C)=O)ccc1-2. The van der Waals surface area contributed by atoms with E-state index in [0.717, 1.165) is 33.4 Å². The topological polar surface area (TPSA) is 34.1 Å². The second-order valence-corrected chi connectivity index (χ2v) is 6.26. The van der Waals surface area contributed by atoms with Crippen LogP contribution in [0.5, 0.6) is 0 Å². The van der Waals surface area contributed by atoms with E-state index in [-0.39, 0.29) is 17.0 Å². The van der Waals surface area contributed by atoms with Gasteiger partial charge in [-0.05, 0) is 48.2 Å². The van der Waals surface area contributed by atoms with Crippen LogP contribution < -0.4 is 0 Å². The summed E-state index contributed by atoms with van der Waals surface area (Å²) in [5, 5.41) is 0. The van der Waals surface area contributed by atoms with Crippen molar-refractivity contribution in [1.82, 2.24) is 0 Å². The summed E-state index contributed by atoms with van der Waals surface area (Å²) in [6.45, 7) is 7.46. The monoisotopic (exact) mass is 278 g/mol. The van der Waals surface area contributed by atoms with E-state index in [4.69, 9.17) is 0 Å². The van der Waals surface area contributed by atoms with Crippen molar-refractivity contribution in [2.45, 2.75) is 33.1 Å². The third-order valence-electron chi connectivity index (χ3n) is 4.49. The van der Waals surface area contributed by atoms with E-state index in [1.165, 1.54) is 0 Å². The second kappa shape index (κ2) is 4.39. The van der Waals surface area contributed by atoms with Gasteiger partial charge in [-0.2, -0.15) is 0 Å². The van der Waals surface area contributed by atoms with Gasteiger partial charge in [-0.25, -0.2) is 0 Å². The van der Waals surface area contributed by atoms with Crippen LogP contribution in [0.4, 0.5) is 0 Å². The van der Waals surface area contributed by atoms with E-state index in [1.807, 2.05) is 36.4 Å². The molecule has 1 aliphatic carbocycles. The summed E-state index contributed by atoms with van der Waals surface area (Å²) in [5.41, 5.74) is 5.92. The molecule has 0 saturated carbocycles. The Balaban J connectivity index is 2.26. The molecule has 0 unspecified atom stereocenters. The molecule has 2 aromatic rings. The van der Waals surface area contributed by atoms with Crippen molar-refractivity contribution < 1.29 is 9.59 Å². The number of Topliss-reactive ketones (excluding diaryl/α,β-unsaturated/α-hetero) is 2. The van der Waals surface area contributed by atoms with Crippen LogP contribution in [0.1, 0.15) is 59.5 Å². The van der Waals surface area contributed by atoms with Crippen LogP contribution >= 0.6 is 0 Å². The van der Waals surface area contributed by atoms with Gasteiger partial charge in [0.2, 0.25) is 0 Å². The number of fused-ring (bicyclic) bond motifs is 3. The van der Waals surface area contributed by atoms with Crippen molar-refractivity contribution >= 4 is 11.6 Å². The smallest absolute Gasteiger partial charge is 0.159 e. The molecule has 0 N–H and O–H groups in total. The highest BCUT2D eigenvalue weighted by Crippen LogP contribution is 2.49. The van der Waals surface area contributed by atoms with E-state index < -0.39 is 0 Å². The fourth-order valence-corrected chi connectivity index (χ4v) is 3.18. The Labute approximate surface area is 124 Å². The van der Waals surface area contributed by atoms with Gasteiger partial charge in [-0.1, -0.05) is 38.1 Å². The minimum absolute atomic E-state index is 0.0778. The van der Waals surface area contributed by atoms with Gasteiger partial charge >= 0.3 is 0 Å². The molecule has 0 aliphatic heterocycles. The lowest BCUT2D eigenvalue weighted by atomic mass is 9.81. The summed E-state index contributed by atoms with van der Waals surface area (Å²) in [7, 11) is 0. The molecule has 2 nitrogen and oxygen atoms in total. The average molecular weight is 278 g/mol. The van der Waals surface area contributed by atoms with Gasteiger partial charge in [-0.3, -0.25) is 9.59 Å². The molecule has 2 aromatic carbocycles. The molecule has 1 aliphatic rings. The third kappa shape index (κ3) is 1.94. The number of benzene rings is 2. The molecule has 0 heterocycles. The summed E-state index contributed by atoms with van der Waals surface area (Å²) >= 11 is 0. The lowest BCUT2D eigenvalue weighted by molar-refractivity contribution is 0.100. The van der Waals surface area contributed by atoms with E-state index in [9.17, 15) is 9.59 Å². The molecular weight excluding hydrogens is 260 g/mol. The largest absolute Gasteiger partial charge is 0.295 e. The van der Waals surface area contributed by atoms with Crippen molar-refractivity contribution in [3.63, 3.8) is 0 Å². The van der Waals surface area contributed by atoms with Crippen LogP contribution in [0.15, 0.2) is 36.4 Å². The first-order chi connectivity index (χ1) is 9.82. The minimum Gasteiger partial charge on any atom is -0.295 e. The third-order valence-corrected chi connectivity index (χ3v) is 4.49. The lowest BCUT2D eigenvalue weighted by Gasteiger charge is -2.22. The summed E-state index contributed by atoms with van der Waals surface area (Å²) in [6, 6.07) is 11.8. The Bertz CT molecular complexity index is 717. The summed E-state index contributed by atoms with van der Waals surface area (Å²) in [6.07, 6.45) is 0. The van der Waals surface area contributed by atoms with Crippen LogP contribution in [0, 0.1) is 0 Å². The quantitative estimate of drug-likeness (QED) is 0.763. The first-order valence-corrected chi connectivity index (χ1v) is 7.13. The number of ketones is 2. The van der Waals surface area contributed by atoms with Gasteiger partial charge in [0.25, 0.3) is 0 Å². The number of hydrogen-bond donors (Lipinski definition) is 0. The molecule has 106 valence electrons. The number of carbonyl (C=O) groups is 2. The fourth-order valence-electron chi connectivity index (χ4n) is 3.18. The average Bonchev–Trinajstić information content (AvgIpc) is 2.67. The maximum atomic E-state index is 11.6. The molecule has 0 amide bonds. The van der Waals surface area contributed by atoms with E-state index in [0.29, 0.717) is 0 Å². The molecular formula is C19H18O2. The molecule has 0 radical (unpaired) electrons. The molecule has 0 fully saturated rings. The number of rotatable bonds is 2. The van der Waals surface area contributed by atoms with E-state index in [1.54, 1.807) is 13.8 Å². The van der Waals surface area contributed by atoms with Crippen LogP contribution in [0.2, 0.25) is 0 Å². The first kappa shape index (κ1) is 13.7. The predicted molar refractivity (Wildman–Crippen MR) is 84.0 cm³/mol. The molecule has 0 saturated heterocycles. The summed E-state index contributed by atoms with van der Waals surface area (Å²) in [5.74, 6) is 0.156. The van der Waals surface area contributed by atoms with Crippen LogP contribution in [-0.4, -0.2) is 11.6 Å². The summed E-state index contributed by atoms with van der Waals surface area (Å²) in [4.78, 5) is 23.3. The van der Waals surface area contributed by atoms with Crippen molar-refractivity contribution in [2.75, 3.05) is 0 Å².